The van der Waals surface area contributed by atoms with Crippen molar-refractivity contribution >= 4 is 29.5 Å². The van der Waals surface area contributed by atoms with Crippen LogP contribution in [0.2, 0.25) is 0 Å². The fourth-order valence-corrected chi connectivity index (χ4v) is 7.47. The maximum Gasteiger partial charge on any atom is 0.404 e. The van der Waals surface area contributed by atoms with E-state index in [2.05, 4.69) is 0 Å². The minimum Gasteiger partial charge on any atom is -0.459 e. The lowest BCUT2D eigenvalue weighted by Gasteiger charge is -2.40. The van der Waals surface area contributed by atoms with Crippen molar-refractivity contribution in [3.63, 3.8) is 0 Å². The van der Waals surface area contributed by atoms with Crippen LogP contribution in [0.3, 0.4) is 0 Å². The summed E-state index contributed by atoms with van der Waals surface area (Å²) in [5.41, 5.74) is -2.44. The second-order valence-electron chi connectivity index (χ2n) is 6.64. The quantitative estimate of drug-likeness (QED) is 0.707. The molecule has 3 rings (SSSR count). The highest BCUT2D eigenvalue weighted by atomic mass is 32.2. The summed E-state index contributed by atoms with van der Waals surface area (Å²) in [6.07, 6.45) is -1.86. The van der Waals surface area contributed by atoms with Gasteiger partial charge in [-0.1, -0.05) is 0 Å². The molecule has 1 spiro atoms. The van der Waals surface area contributed by atoms with Crippen LogP contribution in [0, 0.1) is 17.3 Å². The van der Waals surface area contributed by atoms with E-state index < -0.39 is 17.6 Å². The van der Waals surface area contributed by atoms with E-state index in [-0.39, 0.29) is 16.1 Å². The third-order valence-electron chi connectivity index (χ3n) is 5.06. The van der Waals surface area contributed by atoms with E-state index in [4.69, 9.17) is 4.74 Å². The van der Waals surface area contributed by atoms with Crippen LogP contribution in [-0.2, 0) is 9.53 Å². The molecule has 2 bridgehead atoms. The molecule has 3 fully saturated rings. The van der Waals surface area contributed by atoms with Gasteiger partial charge in [-0.3, -0.25) is 4.79 Å². The molecule has 2 aliphatic carbocycles. The smallest absolute Gasteiger partial charge is 0.404 e. The van der Waals surface area contributed by atoms with Crippen molar-refractivity contribution in [3.05, 3.63) is 0 Å². The first-order valence-corrected chi connectivity index (χ1v) is 9.21. The summed E-state index contributed by atoms with van der Waals surface area (Å²) in [5.74, 6) is 1.57. The van der Waals surface area contributed by atoms with Gasteiger partial charge >= 0.3 is 12.1 Å². The van der Waals surface area contributed by atoms with Gasteiger partial charge in [0.2, 0.25) is 0 Å². The first kappa shape index (κ1) is 15.8. The summed E-state index contributed by atoms with van der Waals surface area (Å²) in [7, 11) is 0. The number of hydrogen-bond acceptors (Lipinski definition) is 4. The van der Waals surface area contributed by atoms with Crippen molar-refractivity contribution in [2.45, 2.75) is 49.5 Å². The van der Waals surface area contributed by atoms with Crippen LogP contribution < -0.4 is 0 Å². The van der Waals surface area contributed by atoms with E-state index in [1.807, 2.05) is 0 Å². The van der Waals surface area contributed by atoms with Crippen LogP contribution in [0.15, 0.2) is 0 Å². The summed E-state index contributed by atoms with van der Waals surface area (Å²) in [6.45, 7) is 1.81. The van der Waals surface area contributed by atoms with Gasteiger partial charge in [-0.15, -0.1) is 23.5 Å². The van der Waals surface area contributed by atoms with Crippen molar-refractivity contribution in [2.24, 2.45) is 17.3 Å². The molecule has 21 heavy (non-hydrogen) atoms. The Labute approximate surface area is 130 Å². The van der Waals surface area contributed by atoms with E-state index >= 15 is 0 Å². The molecular formula is C14H19F3O2S2. The molecule has 1 aliphatic heterocycles. The van der Waals surface area contributed by atoms with Crippen molar-refractivity contribution in [1.82, 2.24) is 0 Å². The largest absolute Gasteiger partial charge is 0.459 e. The predicted octanol–water partition coefficient (Wildman–Crippen LogP) is 4.09. The van der Waals surface area contributed by atoms with Gasteiger partial charge in [0, 0.05) is 11.5 Å². The number of thioether (sulfide) groups is 2. The van der Waals surface area contributed by atoms with Gasteiger partial charge in [-0.05, 0) is 44.9 Å². The lowest BCUT2D eigenvalue weighted by molar-refractivity contribution is -0.228. The molecule has 0 aromatic rings. The third kappa shape index (κ3) is 2.30. The molecule has 2 nitrogen and oxygen atoms in total. The topological polar surface area (TPSA) is 26.3 Å². The summed E-state index contributed by atoms with van der Waals surface area (Å²) >= 11 is 3.58. The Morgan fingerprint density at radius 1 is 1.19 bits per heavy atom. The molecule has 0 N–H and O–H groups in total. The monoisotopic (exact) mass is 340 g/mol. The van der Waals surface area contributed by atoms with E-state index in [1.165, 1.54) is 0 Å². The highest BCUT2D eigenvalue weighted by Gasteiger charge is 2.64. The Bertz CT molecular complexity index is 444. The van der Waals surface area contributed by atoms with Crippen LogP contribution >= 0.6 is 23.5 Å². The number of ether oxygens (including phenoxy) is 1. The third-order valence-corrected chi connectivity index (χ3v) is 8.87. The molecule has 0 radical (unpaired) electrons. The lowest BCUT2D eigenvalue weighted by Crippen LogP contribution is -2.48. The normalized spacial score (nSPS) is 34.6. The Morgan fingerprint density at radius 3 is 2.38 bits per heavy atom. The summed E-state index contributed by atoms with van der Waals surface area (Å²) < 4.78 is 44.3. The Balaban J connectivity index is 1.79. The summed E-state index contributed by atoms with van der Waals surface area (Å²) in [4.78, 5) is 12.1. The number of esters is 1. The van der Waals surface area contributed by atoms with Gasteiger partial charge in [0.15, 0.2) is 5.41 Å². The maximum atomic E-state index is 13.0. The molecule has 0 amide bonds. The van der Waals surface area contributed by atoms with Crippen LogP contribution in [-0.4, -0.2) is 33.8 Å². The zero-order valence-corrected chi connectivity index (χ0v) is 13.7. The summed E-state index contributed by atoms with van der Waals surface area (Å²) in [6, 6.07) is 0. The van der Waals surface area contributed by atoms with Crippen molar-refractivity contribution in [1.29, 1.82) is 0 Å². The number of halogens is 3. The van der Waals surface area contributed by atoms with Crippen molar-refractivity contribution < 1.29 is 22.7 Å². The van der Waals surface area contributed by atoms with Gasteiger partial charge in [-0.2, -0.15) is 13.2 Å². The zero-order valence-electron chi connectivity index (χ0n) is 12.0. The van der Waals surface area contributed by atoms with E-state index in [1.54, 1.807) is 23.5 Å². The Hall–Kier alpha value is -0.0400. The summed E-state index contributed by atoms with van der Waals surface area (Å²) in [5, 5.41) is 0. The first-order chi connectivity index (χ1) is 9.68. The van der Waals surface area contributed by atoms with Gasteiger partial charge in [0.05, 0.1) is 0 Å². The number of rotatable bonds is 2. The fraction of sp³-hybridized carbons (Fsp3) is 0.929. The molecule has 120 valence electrons. The van der Waals surface area contributed by atoms with Gasteiger partial charge in [0.1, 0.15) is 10.2 Å². The van der Waals surface area contributed by atoms with Gasteiger partial charge in [0.25, 0.3) is 0 Å². The second kappa shape index (κ2) is 4.98. The van der Waals surface area contributed by atoms with Crippen molar-refractivity contribution in [2.75, 3.05) is 11.5 Å². The molecule has 1 saturated heterocycles. The standard InChI is InChI=1S/C14H19F3O2S2/c1-12(2,14(15,16)17)11(18)19-10-8-3-4-9(7-8)13(10)20-5-6-21-13/h8-10H,3-7H2,1-2H3. The Kier molecular flexibility index (Phi) is 3.76. The highest BCUT2D eigenvalue weighted by molar-refractivity contribution is 8.21. The molecule has 2 saturated carbocycles. The zero-order chi connectivity index (χ0) is 15.5. The number of carbonyl (C=O) groups excluding carboxylic acids is 1. The number of hydrogen-bond donors (Lipinski definition) is 0. The lowest BCUT2D eigenvalue weighted by atomic mass is 9.92. The number of fused-ring (bicyclic) bond motifs is 3. The molecule has 0 aromatic heterocycles. The van der Waals surface area contributed by atoms with E-state index in [0.717, 1.165) is 44.6 Å². The number of carbonyl (C=O) groups is 1. The van der Waals surface area contributed by atoms with Crippen LogP contribution in [0.5, 0.6) is 0 Å². The average Bonchev–Trinajstić information content (AvgIpc) is 3.08. The van der Waals surface area contributed by atoms with Crippen LogP contribution in [0.4, 0.5) is 13.2 Å². The minimum atomic E-state index is -4.58. The molecule has 3 aliphatic rings. The molecule has 0 aromatic carbocycles. The average molecular weight is 340 g/mol. The SMILES string of the molecule is CC(C)(C(=O)OC1C2CCC(C2)C12SCCS2)C(F)(F)F. The van der Waals surface area contributed by atoms with Gasteiger partial charge < -0.3 is 4.74 Å². The molecule has 1 heterocycles. The first-order valence-electron chi connectivity index (χ1n) is 7.24. The molecular weight excluding hydrogens is 321 g/mol. The minimum absolute atomic E-state index is 0.180. The fourth-order valence-electron chi connectivity index (χ4n) is 3.62. The molecule has 3 atom stereocenters. The van der Waals surface area contributed by atoms with Crippen molar-refractivity contribution in [3.8, 4) is 0 Å². The van der Waals surface area contributed by atoms with Crippen LogP contribution in [0.25, 0.3) is 0 Å². The van der Waals surface area contributed by atoms with Gasteiger partial charge in [-0.25, -0.2) is 0 Å². The van der Waals surface area contributed by atoms with E-state index in [0.29, 0.717) is 5.92 Å². The molecule has 7 heteroatoms. The second-order valence-corrected chi connectivity index (χ2v) is 9.64. The van der Waals surface area contributed by atoms with Crippen LogP contribution in [0.1, 0.15) is 33.1 Å². The van der Waals surface area contributed by atoms with E-state index in [9.17, 15) is 18.0 Å². The Morgan fingerprint density at radius 2 is 1.81 bits per heavy atom. The molecule has 3 unspecified atom stereocenters. The maximum absolute atomic E-state index is 13.0. The highest BCUT2D eigenvalue weighted by Crippen LogP contribution is 2.65. The predicted molar refractivity (Wildman–Crippen MR) is 78.2 cm³/mol. The number of alkyl halides is 3.